The van der Waals surface area contributed by atoms with Crippen LogP contribution in [-0.2, 0) is 14.6 Å². The van der Waals surface area contributed by atoms with Gasteiger partial charge in [-0.25, -0.2) is 13.2 Å². The standard InChI is InChI=1S/C15H30N2O4S/c1-5-7-12(10-16-14(18)21-15(2,3)4)17-13-8-6-9-22(19,20)11-13/h12-13,17H,5-11H2,1-4H3,(H,16,18). The van der Waals surface area contributed by atoms with E-state index < -0.39 is 21.5 Å². The van der Waals surface area contributed by atoms with Gasteiger partial charge in [-0.1, -0.05) is 13.3 Å². The highest BCUT2D eigenvalue weighted by Gasteiger charge is 2.26. The van der Waals surface area contributed by atoms with Gasteiger partial charge < -0.3 is 15.4 Å². The molecule has 6 nitrogen and oxygen atoms in total. The molecule has 0 aromatic heterocycles. The van der Waals surface area contributed by atoms with E-state index in [9.17, 15) is 13.2 Å². The summed E-state index contributed by atoms with van der Waals surface area (Å²) in [4.78, 5) is 11.7. The number of carbonyl (C=O) groups excluding carboxylic acids is 1. The van der Waals surface area contributed by atoms with E-state index >= 15 is 0 Å². The molecule has 1 rings (SSSR count). The van der Waals surface area contributed by atoms with Crippen LogP contribution in [0.5, 0.6) is 0 Å². The second-order valence-corrected chi connectivity index (χ2v) is 9.22. The minimum absolute atomic E-state index is 0.0178. The molecule has 0 bridgehead atoms. The Hall–Kier alpha value is -0.820. The smallest absolute Gasteiger partial charge is 0.407 e. The molecule has 0 radical (unpaired) electrons. The Kier molecular flexibility index (Phi) is 7.12. The zero-order chi connectivity index (χ0) is 16.8. The van der Waals surface area contributed by atoms with Crippen molar-refractivity contribution < 1.29 is 17.9 Å². The number of carbonyl (C=O) groups is 1. The van der Waals surface area contributed by atoms with Crippen LogP contribution in [0.4, 0.5) is 4.79 Å². The van der Waals surface area contributed by atoms with E-state index in [2.05, 4.69) is 17.6 Å². The van der Waals surface area contributed by atoms with Gasteiger partial charge in [-0.15, -0.1) is 0 Å². The topological polar surface area (TPSA) is 84.5 Å². The number of nitrogens with one attached hydrogen (secondary N) is 2. The van der Waals surface area contributed by atoms with Crippen molar-refractivity contribution in [3.8, 4) is 0 Å². The Morgan fingerprint density at radius 3 is 2.59 bits per heavy atom. The van der Waals surface area contributed by atoms with Crippen LogP contribution in [0, 0.1) is 0 Å². The number of sulfone groups is 1. The summed E-state index contributed by atoms with van der Waals surface area (Å²) in [6.07, 6.45) is 2.98. The van der Waals surface area contributed by atoms with Crippen molar-refractivity contribution in [2.75, 3.05) is 18.1 Å². The number of rotatable bonds is 6. The number of amides is 1. The first-order valence-electron chi connectivity index (χ1n) is 8.04. The first-order chi connectivity index (χ1) is 10.1. The average Bonchev–Trinajstić information content (AvgIpc) is 2.33. The summed E-state index contributed by atoms with van der Waals surface area (Å²) < 4.78 is 28.6. The van der Waals surface area contributed by atoms with Crippen LogP contribution in [0.2, 0.25) is 0 Å². The summed E-state index contributed by atoms with van der Waals surface area (Å²) in [6, 6.07) is 0.0477. The fraction of sp³-hybridized carbons (Fsp3) is 0.933. The maximum Gasteiger partial charge on any atom is 0.407 e. The van der Waals surface area contributed by atoms with Crippen molar-refractivity contribution in [1.82, 2.24) is 10.6 Å². The van der Waals surface area contributed by atoms with Crippen LogP contribution >= 0.6 is 0 Å². The van der Waals surface area contributed by atoms with Gasteiger partial charge in [-0.05, 0) is 40.0 Å². The number of hydrogen-bond acceptors (Lipinski definition) is 5. The van der Waals surface area contributed by atoms with Gasteiger partial charge in [0.15, 0.2) is 9.84 Å². The lowest BCUT2D eigenvalue weighted by atomic mass is 10.1. The van der Waals surface area contributed by atoms with Crippen molar-refractivity contribution in [3.63, 3.8) is 0 Å². The zero-order valence-electron chi connectivity index (χ0n) is 14.1. The molecule has 0 aromatic carbocycles. The zero-order valence-corrected chi connectivity index (χ0v) is 15.0. The maximum atomic E-state index is 11.7. The molecule has 1 fully saturated rings. The van der Waals surface area contributed by atoms with Crippen LogP contribution in [0.1, 0.15) is 53.4 Å². The van der Waals surface area contributed by atoms with Gasteiger partial charge in [-0.3, -0.25) is 0 Å². The van der Waals surface area contributed by atoms with E-state index in [1.807, 2.05) is 20.8 Å². The van der Waals surface area contributed by atoms with Crippen LogP contribution in [-0.4, -0.2) is 50.2 Å². The Balaban J connectivity index is 2.46. The molecular weight excluding hydrogens is 304 g/mol. The quantitative estimate of drug-likeness (QED) is 0.774. The fourth-order valence-corrected chi connectivity index (χ4v) is 4.25. The van der Waals surface area contributed by atoms with E-state index in [0.717, 1.165) is 19.3 Å². The van der Waals surface area contributed by atoms with Crippen molar-refractivity contribution in [1.29, 1.82) is 0 Å². The van der Waals surface area contributed by atoms with E-state index in [0.29, 0.717) is 18.7 Å². The Labute approximate surface area is 134 Å². The number of ether oxygens (including phenoxy) is 1. The third-order valence-corrected chi connectivity index (χ3v) is 5.28. The van der Waals surface area contributed by atoms with E-state index in [-0.39, 0.29) is 17.8 Å². The molecule has 7 heteroatoms. The van der Waals surface area contributed by atoms with E-state index in [1.54, 1.807) is 0 Å². The molecule has 0 saturated carbocycles. The molecule has 130 valence electrons. The molecule has 2 atom stereocenters. The van der Waals surface area contributed by atoms with E-state index in [4.69, 9.17) is 4.74 Å². The lowest BCUT2D eigenvalue weighted by Crippen LogP contribution is -2.50. The number of alkyl carbamates (subject to hydrolysis) is 1. The molecule has 1 amide bonds. The molecule has 1 saturated heterocycles. The normalized spacial score (nSPS) is 22.8. The Bertz CT molecular complexity index is 457. The minimum Gasteiger partial charge on any atom is -0.444 e. The van der Waals surface area contributed by atoms with Crippen LogP contribution < -0.4 is 10.6 Å². The van der Waals surface area contributed by atoms with Crippen molar-refractivity contribution >= 4 is 15.9 Å². The van der Waals surface area contributed by atoms with Crippen LogP contribution in [0.15, 0.2) is 0 Å². The van der Waals surface area contributed by atoms with Crippen molar-refractivity contribution in [2.45, 2.75) is 71.1 Å². The second-order valence-electron chi connectivity index (χ2n) is 6.99. The lowest BCUT2D eigenvalue weighted by molar-refractivity contribution is 0.0521. The van der Waals surface area contributed by atoms with Crippen molar-refractivity contribution in [2.24, 2.45) is 0 Å². The molecule has 0 aliphatic carbocycles. The predicted molar refractivity (Wildman–Crippen MR) is 87.7 cm³/mol. The summed E-state index contributed by atoms with van der Waals surface area (Å²) in [6.45, 7) is 7.97. The van der Waals surface area contributed by atoms with E-state index in [1.165, 1.54) is 0 Å². The van der Waals surface area contributed by atoms with Gasteiger partial charge in [0, 0.05) is 18.6 Å². The van der Waals surface area contributed by atoms with Crippen molar-refractivity contribution in [3.05, 3.63) is 0 Å². The predicted octanol–water partition coefficient (Wildman–Crippen LogP) is 1.85. The highest BCUT2D eigenvalue weighted by Crippen LogP contribution is 2.13. The molecule has 1 aliphatic heterocycles. The lowest BCUT2D eigenvalue weighted by Gasteiger charge is -2.29. The molecule has 2 unspecified atom stereocenters. The SMILES string of the molecule is CCCC(CNC(=O)OC(C)(C)C)NC1CCCS(=O)(=O)C1. The molecule has 22 heavy (non-hydrogen) atoms. The first kappa shape index (κ1) is 19.2. The van der Waals surface area contributed by atoms with Gasteiger partial charge in [0.25, 0.3) is 0 Å². The molecule has 0 aromatic rings. The monoisotopic (exact) mass is 334 g/mol. The minimum atomic E-state index is -2.92. The average molecular weight is 334 g/mol. The highest BCUT2D eigenvalue weighted by atomic mass is 32.2. The molecule has 0 spiro atoms. The van der Waals surface area contributed by atoms with Gasteiger partial charge in [0.2, 0.25) is 0 Å². The van der Waals surface area contributed by atoms with Crippen LogP contribution in [0.3, 0.4) is 0 Å². The second kappa shape index (κ2) is 8.15. The fourth-order valence-electron chi connectivity index (χ4n) is 2.60. The third kappa shape index (κ3) is 7.98. The maximum absolute atomic E-state index is 11.7. The van der Waals surface area contributed by atoms with Crippen LogP contribution in [0.25, 0.3) is 0 Å². The molecule has 2 N–H and O–H groups in total. The largest absolute Gasteiger partial charge is 0.444 e. The molecule has 1 heterocycles. The highest BCUT2D eigenvalue weighted by molar-refractivity contribution is 7.91. The summed E-state index contributed by atoms with van der Waals surface area (Å²) >= 11 is 0. The third-order valence-electron chi connectivity index (χ3n) is 3.46. The Morgan fingerprint density at radius 2 is 2.05 bits per heavy atom. The Morgan fingerprint density at radius 1 is 1.36 bits per heavy atom. The summed E-state index contributed by atoms with van der Waals surface area (Å²) in [5.74, 6) is 0.486. The summed E-state index contributed by atoms with van der Waals surface area (Å²) in [7, 11) is -2.92. The van der Waals surface area contributed by atoms with Gasteiger partial charge in [0.05, 0.1) is 11.5 Å². The summed E-state index contributed by atoms with van der Waals surface area (Å²) in [5.41, 5.74) is -0.519. The van der Waals surface area contributed by atoms with Gasteiger partial charge >= 0.3 is 6.09 Å². The van der Waals surface area contributed by atoms with Gasteiger partial charge in [0.1, 0.15) is 5.60 Å². The first-order valence-corrected chi connectivity index (χ1v) is 9.87. The molecular formula is C15H30N2O4S. The summed E-state index contributed by atoms with van der Waals surface area (Å²) in [5, 5.41) is 6.14. The molecule has 1 aliphatic rings. The number of hydrogen-bond donors (Lipinski definition) is 2. The van der Waals surface area contributed by atoms with Gasteiger partial charge in [-0.2, -0.15) is 0 Å².